The van der Waals surface area contributed by atoms with Gasteiger partial charge in [-0.2, -0.15) is 15.1 Å². The molecule has 2 aromatic carbocycles. The number of nitrogens with two attached hydrogens (primary N) is 1. The highest BCUT2D eigenvalue weighted by atomic mass is 19.1. The Hall–Kier alpha value is -4.80. The molecule has 3 aromatic heterocycles. The molecule has 3 heterocycles. The molecule has 0 aliphatic carbocycles. The molecular weight excluding hydrogens is 461 g/mol. The van der Waals surface area contributed by atoms with Crippen LogP contribution < -0.4 is 16.4 Å². The Morgan fingerprint density at radius 2 is 1.81 bits per heavy atom. The number of carbonyl (C=O) groups is 1. The van der Waals surface area contributed by atoms with Crippen molar-refractivity contribution in [2.75, 3.05) is 16.4 Å². The molecule has 11 heteroatoms. The van der Waals surface area contributed by atoms with Gasteiger partial charge in [0.2, 0.25) is 11.9 Å². The number of anilines is 4. The molecule has 182 valence electrons. The van der Waals surface area contributed by atoms with E-state index in [-0.39, 0.29) is 24.2 Å². The molecule has 0 bridgehead atoms. The molecule has 0 saturated carbocycles. The fourth-order valence-electron chi connectivity index (χ4n) is 3.95. The van der Waals surface area contributed by atoms with Gasteiger partial charge in [0.25, 0.3) is 0 Å². The van der Waals surface area contributed by atoms with Crippen LogP contribution in [0.2, 0.25) is 0 Å². The Morgan fingerprint density at radius 3 is 2.53 bits per heavy atom. The maximum atomic E-state index is 13.4. The smallest absolute Gasteiger partial charge is 0.245 e. The third kappa shape index (κ3) is 4.58. The molecule has 0 saturated heterocycles. The van der Waals surface area contributed by atoms with Crippen molar-refractivity contribution in [3.05, 3.63) is 72.2 Å². The summed E-state index contributed by atoms with van der Waals surface area (Å²) < 4.78 is 16.8. The van der Waals surface area contributed by atoms with Crippen LogP contribution in [-0.2, 0) is 17.9 Å². The molecule has 5 rings (SSSR count). The first-order chi connectivity index (χ1) is 17.4. The second-order valence-corrected chi connectivity index (χ2v) is 8.16. The van der Waals surface area contributed by atoms with Crippen molar-refractivity contribution in [1.82, 2.24) is 29.3 Å². The molecular formula is C25H24FN9O. The van der Waals surface area contributed by atoms with Crippen LogP contribution >= 0.6 is 0 Å². The van der Waals surface area contributed by atoms with E-state index >= 15 is 0 Å². The highest BCUT2D eigenvalue weighted by Gasteiger charge is 2.21. The van der Waals surface area contributed by atoms with Crippen molar-refractivity contribution in [2.24, 2.45) is 0 Å². The molecule has 1 amide bonds. The minimum atomic E-state index is -0.353. The van der Waals surface area contributed by atoms with Crippen LogP contribution in [0.1, 0.15) is 12.6 Å². The number of hydrogen-bond donors (Lipinski definition) is 3. The Morgan fingerprint density at radius 1 is 1.06 bits per heavy atom. The topological polar surface area (TPSA) is 129 Å². The van der Waals surface area contributed by atoms with Gasteiger partial charge in [0, 0.05) is 23.9 Å². The van der Waals surface area contributed by atoms with E-state index in [1.165, 1.54) is 12.1 Å². The molecule has 4 N–H and O–H groups in total. The summed E-state index contributed by atoms with van der Waals surface area (Å²) in [6, 6.07) is 17.1. The fraction of sp³-hybridized carbons (Fsp3) is 0.160. The summed E-state index contributed by atoms with van der Waals surface area (Å²) in [7, 11) is 0. The molecule has 5 aromatic rings. The summed E-state index contributed by atoms with van der Waals surface area (Å²) in [6.07, 6.45) is 0. The number of carbonyl (C=O) groups excluding carboxylic acids is 1. The second-order valence-electron chi connectivity index (χ2n) is 8.16. The molecule has 0 aliphatic rings. The van der Waals surface area contributed by atoms with E-state index in [2.05, 4.69) is 25.7 Å². The maximum absolute atomic E-state index is 13.4. The summed E-state index contributed by atoms with van der Waals surface area (Å²) >= 11 is 0. The van der Waals surface area contributed by atoms with E-state index in [0.717, 1.165) is 11.3 Å². The lowest BCUT2D eigenvalue weighted by Gasteiger charge is -2.11. The molecule has 0 fully saturated rings. The molecule has 0 aliphatic heterocycles. The number of rotatable bonds is 7. The van der Waals surface area contributed by atoms with Crippen molar-refractivity contribution in [2.45, 2.75) is 26.9 Å². The van der Waals surface area contributed by atoms with Gasteiger partial charge in [-0.25, -0.2) is 14.1 Å². The number of imidazole rings is 1. The first kappa shape index (κ1) is 23.0. The summed E-state index contributed by atoms with van der Waals surface area (Å²) in [4.78, 5) is 26.7. The molecule has 0 spiro atoms. The number of amides is 1. The van der Waals surface area contributed by atoms with Crippen molar-refractivity contribution >= 4 is 40.3 Å². The minimum absolute atomic E-state index is 0.00738. The molecule has 0 atom stereocenters. The van der Waals surface area contributed by atoms with Gasteiger partial charge in [-0.05, 0) is 38.1 Å². The average Bonchev–Trinajstić information content (AvgIpc) is 3.40. The lowest BCUT2D eigenvalue weighted by molar-refractivity contribution is -0.116. The zero-order valence-electron chi connectivity index (χ0n) is 19.7. The number of nitrogen functional groups attached to an aromatic ring is 1. The zero-order chi connectivity index (χ0) is 25.2. The van der Waals surface area contributed by atoms with E-state index in [9.17, 15) is 9.18 Å². The highest BCUT2D eigenvalue weighted by molar-refractivity contribution is 5.94. The third-order valence-corrected chi connectivity index (χ3v) is 5.52. The van der Waals surface area contributed by atoms with Gasteiger partial charge in [0.05, 0.1) is 5.69 Å². The first-order valence-corrected chi connectivity index (χ1v) is 11.4. The lowest BCUT2D eigenvalue weighted by Crippen LogP contribution is -2.21. The summed E-state index contributed by atoms with van der Waals surface area (Å²) in [5.74, 6) is 0.870. The Bertz CT molecular complexity index is 1540. The predicted octanol–water partition coefficient (Wildman–Crippen LogP) is 4.12. The van der Waals surface area contributed by atoms with Gasteiger partial charge in [0.15, 0.2) is 17.0 Å². The van der Waals surface area contributed by atoms with Gasteiger partial charge in [-0.3, -0.25) is 9.36 Å². The highest BCUT2D eigenvalue weighted by Crippen LogP contribution is 2.29. The van der Waals surface area contributed by atoms with E-state index in [0.29, 0.717) is 40.9 Å². The van der Waals surface area contributed by atoms with Crippen LogP contribution in [0.5, 0.6) is 0 Å². The monoisotopic (exact) mass is 485 g/mol. The Balaban J connectivity index is 1.58. The van der Waals surface area contributed by atoms with Crippen molar-refractivity contribution in [3.8, 4) is 11.4 Å². The molecule has 0 radical (unpaired) electrons. The lowest BCUT2D eigenvalue weighted by atomic mass is 10.2. The van der Waals surface area contributed by atoms with Crippen molar-refractivity contribution < 1.29 is 9.18 Å². The molecule has 0 unspecified atom stereocenters. The van der Waals surface area contributed by atoms with E-state index < -0.39 is 0 Å². The second kappa shape index (κ2) is 9.45. The molecule has 36 heavy (non-hydrogen) atoms. The fourth-order valence-corrected chi connectivity index (χ4v) is 3.95. The van der Waals surface area contributed by atoms with Gasteiger partial charge in [-0.1, -0.05) is 30.3 Å². The number of halogens is 1. The van der Waals surface area contributed by atoms with Gasteiger partial charge < -0.3 is 16.4 Å². The number of nitrogens with zero attached hydrogens (tertiary/aromatic N) is 6. The van der Waals surface area contributed by atoms with Crippen LogP contribution in [0.4, 0.5) is 27.7 Å². The normalized spacial score (nSPS) is 11.1. The standard InChI is InChI=1S/C25H24FN9O/c1-3-35-19(13-15(2)33-35)29-20(36)14-34-23(16-7-5-4-6-8-16)30-21-22(31-25(27)32-24(21)34)28-18-11-9-17(26)10-12-18/h4-13H,3,14H2,1-2H3,(H,29,36)(H3,27,28,31,32). The third-order valence-electron chi connectivity index (χ3n) is 5.52. The minimum Gasteiger partial charge on any atom is -0.368 e. The van der Waals surface area contributed by atoms with Crippen LogP contribution in [0, 0.1) is 12.7 Å². The molecule has 10 nitrogen and oxygen atoms in total. The van der Waals surface area contributed by atoms with Crippen molar-refractivity contribution in [1.29, 1.82) is 0 Å². The SMILES string of the molecule is CCn1nc(C)cc1NC(=O)Cn1c(-c2ccccc2)nc2c(Nc3ccc(F)cc3)nc(N)nc21. The Labute approximate surface area is 206 Å². The number of aromatic nitrogens is 6. The zero-order valence-corrected chi connectivity index (χ0v) is 19.7. The summed E-state index contributed by atoms with van der Waals surface area (Å²) in [5, 5.41) is 10.4. The van der Waals surface area contributed by atoms with Crippen LogP contribution in [0.3, 0.4) is 0 Å². The van der Waals surface area contributed by atoms with E-state index in [1.807, 2.05) is 50.2 Å². The largest absolute Gasteiger partial charge is 0.368 e. The summed E-state index contributed by atoms with van der Waals surface area (Å²) in [6.45, 7) is 4.37. The number of benzene rings is 2. The number of aryl methyl sites for hydroxylation is 2. The van der Waals surface area contributed by atoms with Crippen LogP contribution in [0.25, 0.3) is 22.6 Å². The van der Waals surface area contributed by atoms with E-state index in [1.54, 1.807) is 21.4 Å². The maximum Gasteiger partial charge on any atom is 0.245 e. The number of hydrogen-bond acceptors (Lipinski definition) is 7. The first-order valence-electron chi connectivity index (χ1n) is 11.4. The number of nitrogens with one attached hydrogen (secondary N) is 2. The van der Waals surface area contributed by atoms with E-state index in [4.69, 9.17) is 10.7 Å². The summed E-state index contributed by atoms with van der Waals surface area (Å²) in [5.41, 5.74) is 9.06. The van der Waals surface area contributed by atoms with Gasteiger partial charge in [-0.15, -0.1) is 0 Å². The van der Waals surface area contributed by atoms with Crippen LogP contribution in [-0.4, -0.2) is 35.2 Å². The van der Waals surface area contributed by atoms with Gasteiger partial charge >= 0.3 is 0 Å². The van der Waals surface area contributed by atoms with Gasteiger partial charge in [0.1, 0.15) is 24.0 Å². The number of fused-ring (bicyclic) bond motifs is 1. The van der Waals surface area contributed by atoms with Crippen LogP contribution in [0.15, 0.2) is 60.7 Å². The predicted molar refractivity (Wildman–Crippen MR) is 136 cm³/mol. The average molecular weight is 486 g/mol. The quantitative estimate of drug-likeness (QED) is 0.316. The Kier molecular flexibility index (Phi) is 6.03. The van der Waals surface area contributed by atoms with Crippen molar-refractivity contribution in [3.63, 3.8) is 0 Å².